The number of benzene rings is 1. The first-order valence-electron chi connectivity index (χ1n) is 7.41. The smallest absolute Gasteiger partial charge is 0.248 e. The predicted octanol–water partition coefficient (Wildman–Crippen LogP) is 2.57. The number of H-pyrrole nitrogens is 1. The largest absolute Gasteiger partial charge is 0.497 e. The number of methoxy groups -OCH3 is 1. The van der Waals surface area contributed by atoms with E-state index in [2.05, 4.69) is 19.3 Å². The molecule has 0 saturated carbocycles. The van der Waals surface area contributed by atoms with Gasteiger partial charge in [-0.1, -0.05) is 12.1 Å². The van der Waals surface area contributed by atoms with Crippen LogP contribution in [0, 0.1) is 0 Å². The lowest BCUT2D eigenvalue weighted by molar-refractivity contribution is 0.414. The molecule has 4 rings (SSSR count). The average Bonchev–Trinajstić information content (AvgIpc) is 3.14. The first kappa shape index (κ1) is 16.0. The maximum atomic E-state index is 11.6. The number of aromatic amines is 1. The highest BCUT2D eigenvalue weighted by atomic mass is 32.2. The maximum absolute atomic E-state index is 11.6. The first-order valence-corrected chi connectivity index (χ1v) is 10.1. The number of hydrogen-bond donors (Lipinski definition) is 1. The molecular formula is C16H14N4O3S2. The molecule has 4 aromatic rings. The Morgan fingerprint density at radius 1 is 1.24 bits per heavy atom. The molecule has 0 radical (unpaired) electrons. The molecular weight excluding hydrogens is 360 g/mol. The van der Waals surface area contributed by atoms with E-state index in [1.54, 1.807) is 7.11 Å². The number of sulfone groups is 1. The standard InChI is InChI=1S/C16H14N4O3S2/c1-23-10-5-3-9(4-6-10)7-12-13-14(24-20-12)11-8-17-16(25(2,21)22)19-15(11)18-13/h3-6,8H,7H2,1-2H3,(H,17,18,19). The molecule has 0 aliphatic carbocycles. The van der Waals surface area contributed by atoms with Gasteiger partial charge in [-0.05, 0) is 29.2 Å². The van der Waals surface area contributed by atoms with Crippen LogP contribution in [0.2, 0.25) is 0 Å². The van der Waals surface area contributed by atoms with Gasteiger partial charge in [0.05, 0.1) is 28.4 Å². The Morgan fingerprint density at radius 3 is 2.68 bits per heavy atom. The monoisotopic (exact) mass is 374 g/mol. The summed E-state index contributed by atoms with van der Waals surface area (Å²) in [5, 5.41) is 0.597. The Bertz CT molecular complexity index is 1180. The van der Waals surface area contributed by atoms with Gasteiger partial charge in [0.15, 0.2) is 0 Å². The molecule has 128 valence electrons. The van der Waals surface area contributed by atoms with Gasteiger partial charge in [0.2, 0.25) is 15.0 Å². The zero-order valence-corrected chi connectivity index (χ0v) is 15.1. The van der Waals surface area contributed by atoms with Gasteiger partial charge in [0.1, 0.15) is 11.4 Å². The second-order valence-electron chi connectivity index (χ2n) is 5.67. The van der Waals surface area contributed by atoms with Crippen LogP contribution in [-0.2, 0) is 16.3 Å². The summed E-state index contributed by atoms with van der Waals surface area (Å²) in [6.07, 6.45) is 3.28. The molecule has 9 heteroatoms. The number of ether oxygens (including phenoxy) is 1. The SMILES string of the molecule is COc1ccc(Cc2nsc3c2[nH]c2nc(S(C)(=O)=O)ncc23)cc1. The van der Waals surface area contributed by atoms with E-state index in [-0.39, 0.29) is 5.16 Å². The van der Waals surface area contributed by atoms with Crippen molar-refractivity contribution in [3.63, 3.8) is 0 Å². The molecule has 7 nitrogen and oxygen atoms in total. The highest BCUT2D eigenvalue weighted by molar-refractivity contribution is 7.90. The predicted molar refractivity (Wildman–Crippen MR) is 96.0 cm³/mol. The van der Waals surface area contributed by atoms with Crippen molar-refractivity contribution in [3.8, 4) is 5.75 Å². The van der Waals surface area contributed by atoms with Crippen LogP contribution in [0.3, 0.4) is 0 Å². The molecule has 0 amide bonds. The number of rotatable bonds is 4. The summed E-state index contributed by atoms with van der Waals surface area (Å²) in [5.41, 5.74) is 3.38. The Morgan fingerprint density at radius 2 is 2.00 bits per heavy atom. The zero-order valence-electron chi connectivity index (χ0n) is 13.5. The number of aromatic nitrogens is 4. The number of hydrogen-bond acceptors (Lipinski definition) is 7. The van der Waals surface area contributed by atoms with Gasteiger partial charge < -0.3 is 9.72 Å². The van der Waals surface area contributed by atoms with E-state index < -0.39 is 9.84 Å². The fourth-order valence-electron chi connectivity index (χ4n) is 2.62. The van der Waals surface area contributed by atoms with E-state index in [0.717, 1.165) is 38.9 Å². The van der Waals surface area contributed by atoms with E-state index >= 15 is 0 Å². The van der Waals surface area contributed by atoms with Crippen LogP contribution in [0.5, 0.6) is 5.75 Å². The molecule has 1 N–H and O–H groups in total. The first-order chi connectivity index (χ1) is 12.0. The van der Waals surface area contributed by atoms with E-state index in [4.69, 9.17) is 4.74 Å². The second-order valence-corrected chi connectivity index (χ2v) is 8.35. The lowest BCUT2D eigenvalue weighted by Crippen LogP contribution is -2.03. The molecule has 0 aliphatic rings. The van der Waals surface area contributed by atoms with Crippen molar-refractivity contribution in [2.24, 2.45) is 0 Å². The number of nitrogens with one attached hydrogen (secondary N) is 1. The quantitative estimate of drug-likeness (QED) is 0.551. The lowest BCUT2D eigenvalue weighted by atomic mass is 10.1. The summed E-state index contributed by atoms with van der Waals surface area (Å²) in [4.78, 5) is 11.3. The highest BCUT2D eigenvalue weighted by Crippen LogP contribution is 2.31. The normalized spacial score (nSPS) is 12.1. The fraction of sp³-hybridized carbons (Fsp3) is 0.188. The van der Waals surface area contributed by atoms with Gasteiger partial charge in [-0.15, -0.1) is 0 Å². The minimum absolute atomic E-state index is 0.182. The van der Waals surface area contributed by atoms with Gasteiger partial charge in [0.25, 0.3) is 0 Å². The summed E-state index contributed by atoms with van der Waals surface area (Å²) in [6, 6.07) is 7.81. The summed E-state index contributed by atoms with van der Waals surface area (Å²) in [5.74, 6) is 0.807. The molecule has 3 heterocycles. The molecule has 3 aromatic heterocycles. The maximum Gasteiger partial charge on any atom is 0.248 e. The van der Waals surface area contributed by atoms with Crippen LogP contribution in [0.4, 0.5) is 0 Å². The van der Waals surface area contributed by atoms with Gasteiger partial charge in [-0.3, -0.25) is 0 Å². The minimum atomic E-state index is -3.45. The molecule has 0 saturated heterocycles. The molecule has 1 aromatic carbocycles. The van der Waals surface area contributed by atoms with Crippen LogP contribution in [0.15, 0.2) is 35.6 Å². The minimum Gasteiger partial charge on any atom is -0.497 e. The third-order valence-corrected chi connectivity index (χ3v) is 5.66. The van der Waals surface area contributed by atoms with Crippen LogP contribution < -0.4 is 4.74 Å². The molecule has 0 unspecified atom stereocenters. The molecule has 0 atom stereocenters. The Hall–Kier alpha value is -2.52. The molecule has 0 aliphatic heterocycles. The molecule has 25 heavy (non-hydrogen) atoms. The summed E-state index contributed by atoms with van der Waals surface area (Å²) in [7, 11) is -1.81. The fourth-order valence-corrected chi connectivity index (χ4v) is 3.98. The van der Waals surface area contributed by atoms with Crippen molar-refractivity contribution in [2.75, 3.05) is 13.4 Å². The second kappa shape index (κ2) is 5.78. The van der Waals surface area contributed by atoms with Crippen molar-refractivity contribution in [2.45, 2.75) is 11.6 Å². The van der Waals surface area contributed by atoms with Gasteiger partial charge in [-0.25, -0.2) is 18.4 Å². The third-order valence-electron chi connectivity index (χ3n) is 3.88. The average molecular weight is 374 g/mol. The van der Waals surface area contributed by atoms with E-state index in [1.165, 1.54) is 17.7 Å². The molecule has 0 fully saturated rings. The van der Waals surface area contributed by atoms with Crippen molar-refractivity contribution < 1.29 is 13.2 Å². The van der Waals surface area contributed by atoms with Crippen molar-refractivity contribution in [1.29, 1.82) is 0 Å². The number of fused-ring (bicyclic) bond motifs is 3. The van der Waals surface area contributed by atoms with Gasteiger partial charge in [0, 0.05) is 18.9 Å². The van der Waals surface area contributed by atoms with Crippen LogP contribution in [0.25, 0.3) is 21.3 Å². The van der Waals surface area contributed by atoms with Crippen LogP contribution in [-0.4, -0.2) is 41.1 Å². The molecule has 0 spiro atoms. The Kier molecular flexibility index (Phi) is 3.69. The Balaban J connectivity index is 1.77. The third kappa shape index (κ3) is 2.85. The summed E-state index contributed by atoms with van der Waals surface area (Å²) >= 11 is 1.35. The summed E-state index contributed by atoms with van der Waals surface area (Å²) < 4.78 is 33.9. The van der Waals surface area contributed by atoms with E-state index in [1.807, 2.05) is 24.3 Å². The topological polar surface area (TPSA) is 97.8 Å². The van der Waals surface area contributed by atoms with Crippen molar-refractivity contribution >= 4 is 42.6 Å². The van der Waals surface area contributed by atoms with Gasteiger partial charge in [-0.2, -0.15) is 4.37 Å². The highest BCUT2D eigenvalue weighted by Gasteiger charge is 2.17. The van der Waals surface area contributed by atoms with E-state index in [0.29, 0.717) is 12.1 Å². The summed E-state index contributed by atoms with van der Waals surface area (Å²) in [6.45, 7) is 0. The van der Waals surface area contributed by atoms with Crippen LogP contribution >= 0.6 is 11.5 Å². The number of nitrogens with zero attached hydrogens (tertiary/aromatic N) is 3. The zero-order chi connectivity index (χ0) is 17.6. The van der Waals surface area contributed by atoms with Crippen molar-refractivity contribution in [3.05, 3.63) is 41.7 Å². The van der Waals surface area contributed by atoms with Crippen molar-refractivity contribution in [1.82, 2.24) is 19.3 Å². The van der Waals surface area contributed by atoms with E-state index in [9.17, 15) is 8.42 Å². The Labute approximate surface area is 147 Å². The van der Waals surface area contributed by atoms with Crippen LogP contribution in [0.1, 0.15) is 11.3 Å². The van der Waals surface area contributed by atoms with Gasteiger partial charge >= 0.3 is 0 Å². The lowest BCUT2D eigenvalue weighted by Gasteiger charge is -2.01. The molecule has 0 bridgehead atoms.